The van der Waals surface area contributed by atoms with Crippen molar-refractivity contribution >= 4 is 33.1 Å². The smallest absolute Gasteiger partial charge is 0.376 e. The average Bonchev–Trinajstić information content (AvgIpc) is 2.67. The van der Waals surface area contributed by atoms with Crippen LogP contribution in [0.15, 0.2) is 45.8 Å². The van der Waals surface area contributed by atoms with Crippen LogP contribution >= 0.6 is 15.9 Å². The van der Waals surface area contributed by atoms with Crippen molar-refractivity contribution in [1.29, 1.82) is 0 Å². The highest BCUT2D eigenvalue weighted by atomic mass is 79.9. The van der Waals surface area contributed by atoms with Gasteiger partial charge in [0.2, 0.25) is 5.82 Å². The van der Waals surface area contributed by atoms with Gasteiger partial charge in [0.05, 0.1) is 11.0 Å². The molecule has 1 aliphatic heterocycles. The van der Waals surface area contributed by atoms with Gasteiger partial charge < -0.3 is 14.8 Å². The Morgan fingerprint density at radius 1 is 1.29 bits per heavy atom. The van der Waals surface area contributed by atoms with Crippen molar-refractivity contribution in [3.8, 4) is 11.5 Å². The lowest BCUT2D eigenvalue weighted by Gasteiger charge is -2.22. The molecule has 144 valence electrons. The molecule has 0 amide bonds. The quantitative estimate of drug-likeness (QED) is 0.483. The molecule has 2 aromatic heterocycles. The zero-order valence-corrected chi connectivity index (χ0v) is 16.3. The molecule has 0 aliphatic carbocycles. The summed E-state index contributed by atoms with van der Waals surface area (Å²) in [6, 6.07) is 8.12. The lowest BCUT2D eigenvalue weighted by Crippen LogP contribution is -2.22. The standard InChI is InChI=1S/C18H15BrN4O5/c1-10(11-8-13-14(9-12(11)19)28-7-6-27-13)20-17-16(23(25)26)18(24)22-5-3-2-4-15(22)21-17/h2-5,8-10,20H,6-7H2,1H3. The second-order valence-corrected chi connectivity index (χ2v) is 7.04. The summed E-state index contributed by atoms with van der Waals surface area (Å²) in [6.07, 6.45) is 1.45. The maximum absolute atomic E-state index is 12.6. The van der Waals surface area contributed by atoms with Crippen LogP contribution in [0, 0.1) is 10.1 Å². The van der Waals surface area contributed by atoms with Crippen LogP contribution in [0.25, 0.3) is 5.65 Å². The van der Waals surface area contributed by atoms with E-state index in [1.807, 2.05) is 6.92 Å². The largest absolute Gasteiger partial charge is 0.486 e. The summed E-state index contributed by atoms with van der Waals surface area (Å²) in [5.74, 6) is 1.14. The van der Waals surface area contributed by atoms with Crippen LogP contribution in [0.2, 0.25) is 0 Å². The van der Waals surface area contributed by atoms with Gasteiger partial charge in [-0.1, -0.05) is 22.0 Å². The molecule has 1 aliphatic rings. The topological polar surface area (TPSA) is 108 Å². The molecule has 28 heavy (non-hydrogen) atoms. The molecule has 4 rings (SSSR count). The predicted octanol–water partition coefficient (Wildman–Crippen LogP) is 3.31. The van der Waals surface area contributed by atoms with Crippen LogP contribution in [0.1, 0.15) is 18.5 Å². The SMILES string of the molecule is CC(Nc1nc2ccccn2c(=O)c1[N+](=O)[O-])c1cc2c(cc1Br)OCCO2. The fraction of sp³-hybridized carbons (Fsp3) is 0.222. The molecular formula is C18H15BrN4O5. The molecule has 3 heterocycles. The van der Waals surface area contributed by atoms with E-state index in [0.717, 1.165) is 14.4 Å². The molecule has 1 aromatic carbocycles. The number of benzene rings is 1. The Morgan fingerprint density at radius 3 is 2.71 bits per heavy atom. The first-order chi connectivity index (χ1) is 13.5. The van der Waals surface area contributed by atoms with Gasteiger partial charge in [0.25, 0.3) is 0 Å². The monoisotopic (exact) mass is 446 g/mol. The molecule has 9 nitrogen and oxygen atoms in total. The van der Waals surface area contributed by atoms with Gasteiger partial charge in [-0.25, -0.2) is 4.98 Å². The third-order valence-electron chi connectivity index (χ3n) is 4.37. The second kappa shape index (κ2) is 7.12. The molecule has 0 radical (unpaired) electrons. The van der Waals surface area contributed by atoms with Crippen LogP contribution in [0.3, 0.4) is 0 Å². The molecule has 3 aromatic rings. The predicted molar refractivity (Wildman–Crippen MR) is 105 cm³/mol. The Bertz CT molecular complexity index is 1150. The number of pyridine rings is 1. The van der Waals surface area contributed by atoms with Gasteiger partial charge >= 0.3 is 11.2 Å². The van der Waals surface area contributed by atoms with Gasteiger partial charge in [-0.3, -0.25) is 19.3 Å². The fourth-order valence-corrected chi connectivity index (χ4v) is 3.71. The molecular weight excluding hydrogens is 432 g/mol. The molecule has 0 spiro atoms. The minimum absolute atomic E-state index is 0.0875. The van der Waals surface area contributed by atoms with E-state index in [9.17, 15) is 14.9 Å². The van der Waals surface area contributed by atoms with Crippen molar-refractivity contribution in [2.24, 2.45) is 0 Å². The fourth-order valence-electron chi connectivity index (χ4n) is 3.04. The average molecular weight is 447 g/mol. The molecule has 10 heteroatoms. The molecule has 0 bridgehead atoms. The summed E-state index contributed by atoms with van der Waals surface area (Å²) in [7, 11) is 0. The highest BCUT2D eigenvalue weighted by molar-refractivity contribution is 9.10. The normalized spacial score (nSPS) is 13.9. The lowest BCUT2D eigenvalue weighted by molar-refractivity contribution is -0.385. The van der Waals surface area contributed by atoms with Crippen LogP contribution in [-0.4, -0.2) is 27.5 Å². The third-order valence-corrected chi connectivity index (χ3v) is 5.06. The highest BCUT2D eigenvalue weighted by Crippen LogP contribution is 2.38. The molecule has 0 fully saturated rings. The maximum Gasteiger partial charge on any atom is 0.376 e. The number of fused-ring (bicyclic) bond motifs is 2. The van der Waals surface area contributed by atoms with E-state index in [1.165, 1.54) is 6.20 Å². The number of nitro groups is 1. The summed E-state index contributed by atoms with van der Waals surface area (Å²) >= 11 is 3.50. The van der Waals surface area contributed by atoms with E-state index in [0.29, 0.717) is 30.4 Å². The second-order valence-electron chi connectivity index (χ2n) is 6.18. The first kappa shape index (κ1) is 18.2. The number of nitrogens with one attached hydrogen (secondary N) is 1. The van der Waals surface area contributed by atoms with Crippen molar-refractivity contribution in [3.63, 3.8) is 0 Å². The van der Waals surface area contributed by atoms with Gasteiger partial charge in [-0.15, -0.1) is 0 Å². The summed E-state index contributed by atoms with van der Waals surface area (Å²) in [5, 5.41) is 14.5. The van der Waals surface area contributed by atoms with Crippen molar-refractivity contribution in [1.82, 2.24) is 9.38 Å². The first-order valence-electron chi connectivity index (χ1n) is 8.47. The minimum atomic E-state index is -0.744. The Morgan fingerprint density at radius 2 is 2.00 bits per heavy atom. The molecule has 1 unspecified atom stereocenters. The van der Waals surface area contributed by atoms with E-state index in [1.54, 1.807) is 30.3 Å². The number of anilines is 1. The molecule has 1 atom stereocenters. The van der Waals surface area contributed by atoms with Crippen LogP contribution in [0.4, 0.5) is 11.5 Å². The number of halogens is 1. The minimum Gasteiger partial charge on any atom is -0.486 e. The number of rotatable bonds is 4. The van der Waals surface area contributed by atoms with Crippen LogP contribution < -0.4 is 20.3 Å². The zero-order valence-electron chi connectivity index (χ0n) is 14.7. The number of hydrogen-bond donors (Lipinski definition) is 1. The van der Waals surface area contributed by atoms with Gasteiger partial charge in [0.1, 0.15) is 18.9 Å². The number of hydrogen-bond acceptors (Lipinski definition) is 7. The van der Waals surface area contributed by atoms with E-state index in [-0.39, 0.29) is 5.82 Å². The molecule has 0 saturated heterocycles. The van der Waals surface area contributed by atoms with E-state index >= 15 is 0 Å². The van der Waals surface area contributed by atoms with Crippen LogP contribution in [0.5, 0.6) is 11.5 Å². The highest BCUT2D eigenvalue weighted by Gasteiger charge is 2.26. The van der Waals surface area contributed by atoms with Gasteiger partial charge in [0.15, 0.2) is 11.5 Å². The third kappa shape index (κ3) is 3.15. The molecule has 0 saturated carbocycles. The zero-order chi connectivity index (χ0) is 19.8. The van der Waals surface area contributed by atoms with E-state index < -0.39 is 22.2 Å². The van der Waals surface area contributed by atoms with Gasteiger partial charge in [-0.2, -0.15) is 0 Å². The summed E-state index contributed by atoms with van der Waals surface area (Å²) in [4.78, 5) is 27.7. The van der Waals surface area contributed by atoms with Crippen LogP contribution in [-0.2, 0) is 0 Å². The Hall–Kier alpha value is -3.14. The van der Waals surface area contributed by atoms with Crippen molar-refractivity contribution in [2.45, 2.75) is 13.0 Å². The Labute approximate surface area is 167 Å². The van der Waals surface area contributed by atoms with Gasteiger partial charge in [-0.05, 0) is 36.8 Å². The lowest BCUT2D eigenvalue weighted by atomic mass is 10.1. The maximum atomic E-state index is 12.6. The number of ether oxygens (including phenoxy) is 2. The van der Waals surface area contributed by atoms with E-state index in [4.69, 9.17) is 9.47 Å². The molecule has 1 N–H and O–H groups in total. The van der Waals surface area contributed by atoms with Crippen molar-refractivity contribution in [2.75, 3.05) is 18.5 Å². The number of nitrogens with zero attached hydrogens (tertiary/aromatic N) is 3. The van der Waals surface area contributed by atoms with Gasteiger partial charge in [0, 0.05) is 10.7 Å². The summed E-state index contributed by atoms with van der Waals surface area (Å²) in [5.41, 5.74) is -0.251. The Kier molecular flexibility index (Phi) is 4.63. The number of aromatic nitrogens is 2. The first-order valence-corrected chi connectivity index (χ1v) is 9.26. The van der Waals surface area contributed by atoms with E-state index in [2.05, 4.69) is 26.2 Å². The van der Waals surface area contributed by atoms with Crippen molar-refractivity contribution < 1.29 is 14.4 Å². The Balaban J connectivity index is 1.77. The summed E-state index contributed by atoms with van der Waals surface area (Å²) in [6.45, 7) is 2.74. The van der Waals surface area contributed by atoms with Crippen molar-refractivity contribution in [3.05, 3.63) is 67.0 Å². The summed E-state index contributed by atoms with van der Waals surface area (Å²) < 4.78 is 13.1.